The van der Waals surface area contributed by atoms with Crippen molar-refractivity contribution in [3.05, 3.63) is 35.4 Å². The number of nitrogens with one attached hydrogen (secondary N) is 1. The van der Waals surface area contributed by atoms with Gasteiger partial charge in [-0.2, -0.15) is 0 Å². The second-order valence-corrected chi connectivity index (χ2v) is 4.73. The molecule has 3 heteroatoms. The Bertz CT molecular complexity index is 371. The van der Waals surface area contributed by atoms with E-state index in [-0.39, 0.29) is 11.9 Å². The van der Waals surface area contributed by atoms with Crippen molar-refractivity contribution < 1.29 is 4.79 Å². The van der Waals surface area contributed by atoms with E-state index in [4.69, 9.17) is 0 Å². The first-order chi connectivity index (χ1) is 8.58. The molecule has 0 spiro atoms. The fourth-order valence-electron chi connectivity index (χ4n) is 1.85. The lowest BCUT2D eigenvalue weighted by atomic mass is 10.0. The Morgan fingerprint density at radius 2 is 1.83 bits per heavy atom. The van der Waals surface area contributed by atoms with E-state index in [1.807, 2.05) is 0 Å². The predicted molar refractivity (Wildman–Crippen MR) is 75.5 cm³/mol. The van der Waals surface area contributed by atoms with Crippen LogP contribution in [-0.2, 0) is 11.2 Å². The molecule has 1 aromatic carbocycles. The van der Waals surface area contributed by atoms with Crippen LogP contribution in [0.5, 0.6) is 0 Å². The van der Waals surface area contributed by atoms with Gasteiger partial charge in [0.05, 0.1) is 6.54 Å². The molecule has 0 bridgehead atoms. The zero-order valence-electron chi connectivity index (χ0n) is 11.9. The van der Waals surface area contributed by atoms with E-state index >= 15 is 0 Å². The van der Waals surface area contributed by atoms with Gasteiger partial charge in [-0.1, -0.05) is 38.1 Å². The van der Waals surface area contributed by atoms with Gasteiger partial charge in [-0.3, -0.25) is 4.79 Å². The first-order valence-electron chi connectivity index (χ1n) is 6.60. The van der Waals surface area contributed by atoms with Gasteiger partial charge in [-0.15, -0.1) is 0 Å². The molecule has 1 amide bonds. The van der Waals surface area contributed by atoms with Crippen LogP contribution in [-0.4, -0.2) is 31.4 Å². The molecule has 0 saturated carbocycles. The second-order valence-electron chi connectivity index (χ2n) is 4.73. The zero-order valence-corrected chi connectivity index (χ0v) is 11.9. The highest BCUT2D eigenvalue weighted by Gasteiger charge is 2.11. The van der Waals surface area contributed by atoms with Crippen LogP contribution in [0.1, 0.15) is 37.4 Å². The zero-order chi connectivity index (χ0) is 13.5. The summed E-state index contributed by atoms with van der Waals surface area (Å²) in [4.78, 5) is 13.2. The van der Waals surface area contributed by atoms with Crippen LogP contribution in [0.4, 0.5) is 0 Å². The van der Waals surface area contributed by atoms with E-state index in [1.165, 1.54) is 11.1 Å². The number of aryl methyl sites for hydroxylation is 1. The molecular formula is C15H24N2O. The Hall–Kier alpha value is -1.35. The van der Waals surface area contributed by atoms with Gasteiger partial charge < -0.3 is 10.2 Å². The van der Waals surface area contributed by atoms with Gasteiger partial charge in [0.15, 0.2) is 0 Å². The third-order valence-electron chi connectivity index (χ3n) is 3.20. The summed E-state index contributed by atoms with van der Waals surface area (Å²) < 4.78 is 0. The van der Waals surface area contributed by atoms with Crippen molar-refractivity contribution in [2.75, 3.05) is 20.6 Å². The first kappa shape index (κ1) is 14.7. The van der Waals surface area contributed by atoms with E-state index in [9.17, 15) is 4.79 Å². The molecule has 1 rings (SSSR count). The number of benzene rings is 1. The lowest BCUT2D eigenvalue weighted by Gasteiger charge is -2.19. The third-order valence-corrected chi connectivity index (χ3v) is 3.20. The van der Waals surface area contributed by atoms with Gasteiger partial charge >= 0.3 is 0 Å². The maximum absolute atomic E-state index is 11.6. The van der Waals surface area contributed by atoms with E-state index in [0.29, 0.717) is 6.54 Å². The van der Waals surface area contributed by atoms with Crippen molar-refractivity contribution in [3.8, 4) is 0 Å². The third kappa shape index (κ3) is 4.15. The minimum absolute atomic E-state index is 0.110. The summed E-state index contributed by atoms with van der Waals surface area (Å²) in [6, 6.07) is 8.88. The molecule has 100 valence electrons. The molecule has 0 saturated heterocycles. The number of hydrogen-bond donors (Lipinski definition) is 1. The van der Waals surface area contributed by atoms with Crippen molar-refractivity contribution >= 4 is 5.91 Å². The highest BCUT2D eigenvalue weighted by Crippen LogP contribution is 2.17. The van der Waals surface area contributed by atoms with Gasteiger partial charge in [0.25, 0.3) is 0 Å². The smallest absolute Gasteiger partial charge is 0.236 e. The number of rotatable bonds is 6. The van der Waals surface area contributed by atoms with Crippen LogP contribution >= 0.6 is 0 Å². The Morgan fingerprint density at radius 3 is 2.28 bits per heavy atom. The number of carbonyl (C=O) groups excluding carboxylic acids is 1. The summed E-state index contributed by atoms with van der Waals surface area (Å²) in [7, 11) is 3.56. The summed E-state index contributed by atoms with van der Waals surface area (Å²) in [5, 5.41) is 3.31. The summed E-state index contributed by atoms with van der Waals surface area (Å²) in [6.45, 7) is 4.67. The number of carbonyl (C=O) groups is 1. The molecule has 1 atom stereocenters. The Morgan fingerprint density at radius 1 is 1.22 bits per heavy atom. The van der Waals surface area contributed by atoms with Crippen LogP contribution < -0.4 is 5.32 Å². The topological polar surface area (TPSA) is 32.3 Å². The number of nitrogens with zero attached hydrogens (tertiary/aromatic N) is 1. The van der Waals surface area contributed by atoms with Crippen molar-refractivity contribution in [1.82, 2.24) is 10.2 Å². The van der Waals surface area contributed by atoms with Crippen molar-refractivity contribution in [3.63, 3.8) is 0 Å². The van der Waals surface area contributed by atoms with Gasteiger partial charge in [0, 0.05) is 20.1 Å². The summed E-state index contributed by atoms with van der Waals surface area (Å²) in [6.07, 6.45) is 2.04. The molecule has 0 aliphatic carbocycles. The number of amides is 1. The number of hydrogen-bond acceptors (Lipinski definition) is 2. The Kier molecular flexibility index (Phi) is 5.86. The van der Waals surface area contributed by atoms with E-state index in [2.05, 4.69) is 43.4 Å². The maximum atomic E-state index is 11.6. The van der Waals surface area contributed by atoms with E-state index < -0.39 is 0 Å². The van der Waals surface area contributed by atoms with Gasteiger partial charge in [0.1, 0.15) is 0 Å². The van der Waals surface area contributed by atoms with Crippen LogP contribution in [0, 0.1) is 0 Å². The van der Waals surface area contributed by atoms with Gasteiger partial charge in [-0.05, 0) is 24.0 Å². The van der Waals surface area contributed by atoms with Crippen molar-refractivity contribution in [1.29, 1.82) is 0 Å². The van der Waals surface area contributed by atoms with Gasteiger partial charge in [0.2, 0.25) is 5.91 Å². The standard InChI is InChI=1S/C15H24N2O/c1-5-12-7-9-13(10-8-12)14(6-2)16-11-15(18)17(3)4/h7-10,14,16H,5-6,11H2,1-4H3. The monoisotopic (exact) mass is 248 g/mol. The molecule has 0 aromatic heterocycles. The average Bonchev–Trinajstić information content (AvgIpc) is 2.39. The molecule has 1 aromatic rings. The molecule has 0 aliphatic rings. The maximum Gasteiger partial charge on any atom is 0.236 e. The van der Waals surface area contributed by atoms with Crippen molar-refractivity contribution in [2.45, 2.75) is 32.7 Å². The second kappa shape index (κ2) is 7.17. The molecular weight excluding hydrogens is 224 g/mol. The number of likely N-dealkylation sites (N-methyl/N-ethyl adjacent to an activating group) is 1. The molecule has 1 N–H and O–H groups in total. The Balaban J connectivity index is 2.62. The highest BCUT2D eigenvalue weighted by molar-refractivity contribution is 5.77. The predicted octanol–water partition coefficient (Wildman–Crippen LogP) is 2.38. The molecule has 0 fully saturated rings. The quantitative estimate of drug-likeness (QED) is 0.838. The van der Waals surface area contributed by atoms with Crippen molar-refractivity contribution in [2.24, 2.45) is 0 Å². The SMILES string of the molecule is CCc1ccc(C(CC)NCC(=O)N(C)C)cc1. The minimum atomic E-state index is 0.110. The minimum Gasteiger partial charge on any atom is -0.348 e. The summed E-state index contributed by atoms with van der Waals surface area (Å²) in [5.41, 5.74) is 2.60. The molecule has 18 heavy (non-hydrogen) atoms. The molecule has 0 aliphatic heterocycles. The first-order valence-corrected chi connectivity index (χ1v) is 6.60. The lowest BCUT2D eigenvalue weighted by Crippen LogP contribution is -2.34. The van der Waals surface area contributed by atoms with Crippen LogP contribution in [0.3, 0.4) is 0 Å². The van der Waals surface area contributed by atoms with Crippen LogP contribution in [0.2, 0.25) is 0 Å². The fourth-order valence-corrected chi connectivity index (χ4v) is 1.85. The fraction of sp³-hybridized carbons (Fsp3) is 0.533. The Labute approximate surface area is 110 Å². The van der Waals surface area contributed by atoms with Crippen LogP contribution in [0.15, 0.2) is 24.3 Å². The van der Waals surface area contributed by atoms with E-state index in [1.54, 1.807) is 19.0 Å². The molecule has 1 unspecified atom stereocenters. The summed E-state index contributed by atoms with van der Waals surface area (Å²) in [5.74, 6) is 0.110. The normalized spacial score (nSPS) is 12.2. The highest BCUT2D eigenvalue weighted by atomic mass is 16.2. The average molecular weight is 248 g/mol. The van der Waals surface area contributed by atoms with Crippen LogP contribution in [0.25, 0.3) is 0 Å². The lowest BCUT2D eigenvalue weighted by molar-refractivity contribution is -0.127. The summed E-state index contributed by atoms with van der Waals surface area (Å²) >= 11 is 0. The van der Waals surface area contributed by atoms with E-state index in [0.717, 1.165) is 12.8 Å². The molecule has 0 radical (unpaired) electrons. The van der Waals surface area contributed by atoms with Gasteiger partial charge in [-0.25, -0.2) is 0 Å². The largest absolute Gasteiger partial charge is 0.348 e. The molecule has 0 heterocycles. The molecule has 3 nitrogen and oxygen atoms in total.